The maximum Gasteiger partial charge on any atom is 0.285 e. The van der Waals surface area contributed by atoms with Gasteiger partial charge in [0, 0.05) is 11.6 Å². The lowest BCUT2D eigenvalue weighted by atomic mass is 10.0. The van der Waals surface area contributed by atoms with Gasteiger partial charge in [-0.2, -0.15) is 5.26 Å². The van der Waals surface area contributed by atoms with Gasteiger partial charge in [0.15, 0.2) is 10.9 Å². The summed E-state index contributed by atoms with van der Waals surface area (Å²) in [6.45, 7) is 0. The molecule has 0 bridgehead atoms. The SMILES string of the molecule is COc1cc(OC)c(NC(=S)Nc2ccc(-c3ccoc3C(N)=O)cc2C#N)cc1Cl. The number of primary amides is 1. The van der Waals surface area contributed by atoms with Gasteiger partial charge in [-0.1, -0.05) is 17.7 Å². The van der Waals surface area contributed by atoms with Crippen LogP contribution >= 0.6 is 23.8 Å². The van der Waals surface area contributed by atoms with Crippen molar-refractivity contribution in [2.24, 2.45) is 5.73 Å². The molecule has 3 aromatic rings. The standard InChI is InChI=1S/C21H17ClN4O4S/c1-28-17-9-18(29-2)16(8-14(17)22)26-21(31)25-15-4-3-11(7-12(15)10-23)13-5-6-30-19(13)20(24)27/h3-9H,1-2H3,(H2,24,27)(H2,25,26,31). The van der Waals surface area contributed by atoms with Crippen LogP contribution in [0, 0.1) is 11.3 Å². The molecule has 0 unspecified atom stereocenters. The Morgan fingerprint density at radius 2 is 1.84 bits per heavy atom. The molecule has 0 aliphatic heterocycles. The second kappa shape index (κ2) is 9.38. The molecule has 10 heteroatoms. The zero-order valence-electron chi connectivity index (χ0n) is 16.5. The van der Waals surface area contributed by atoms with Crippen LogP contribution in [0.5, 0.6) is 11.5 Å². The number of hydrogen-bond acceptors (Lipinski definition) is 6. The molecule has 8 nitrogen and oxygen atoms in total. The van der Waals surface area contributed by atoms with E-state index in [1.54, 1.807) is 36.4 Å². The van der Waals surface area contributed by atoms with Gasteiger partial charge in [0.1, 0.15) is 17.6 Å². The average molecular weight is 457 g/mol. The molecule has 1 amide bonds. The summed E-state index contributed by atoms with van der Waals surface area (Å²) in [6, 6.07) is 11.9. The summed E-state index contributed by atoms with van der Waals surface area (Å²) < 4.78 is 15.6. The smallest absolute Gasteiger partial charge is 0.285 e. The van der Waals surface area contributed by atoms with E-state index in [2.05, 4.69) is 16.7 Å². The van der Waals surface area contributed by atoms with Crippen molar-refractivity contribution in [2.75, 3.05) is 24.9 Å². The topological polar surface area (TPSA) is 123 Å². The molecule has 31 heavy (non-hydrogen) atoms. The van der Waals surface area contributed by atoms with Crippen molar-refractivity contribution >= 4 is 46.2 Å². The number of furan rings is 1. The number of rotatable bonds is 6. The number of anilines is 2. The quantitative estimate of drug-likeness (QED) is 0.466. The first kappa shape index (κ1) is 22.0. The van der Waals surface area contributed by atoms with Crippen LogP contribution in [-0.4, -0.2) is 25.2 Å². The number of amides is 1. The number of hydrogen-bond donors (Lipinski definition) is 3. The fourth-order valence-corrected chi connectivity index (χ4v) is 3.34. The normalized spacial score (nSPS) is 10.1. The van der Waals surface area contributed by atoms with Crippen LogP contribution < -0.4 is 25.8 Å². The van der Waals surface area contributed by atoms with Gasteiger partial charge in [-0.3, -0.25) is 4.79 Å². The molecule has 1 heterocycles. The molecule has 0 saturated heterocycles. The summed E-state index contributed by atoms with van der Waals surface area (Å²) in [7, 11) is 3.01. The predicted octanol–water partition coefficient (Wildman–Crippen LogP) is 4.40. The van der Waals surface area contributed by atoms with E-state index in [4.69, 9.17) is 43.4 Å². The number of carbonyl (C=O) groups is 1. The Labute approximate surface area is 188 Å². The van der Waals surface area contributed by atoms with Gasteiger partial charge >= 0.3 is 0 Å². The van der Waals surface area contributed by atoms with Crippen LogP contribution in [0.3, 0.4) is 0 Å². The fourth-order valence-electron chi connectivity index (χ4n) is 2.87. The highest BCUT2D eigenvalue weighted by molar-refractivity contribution is 7.80. The maximum absolute atomic E-state index is 11.5. The summed E-state index contributed by atoms with van der Waals surface area (Å²) in [5.41, 5.74) is 7.71. The number of benzene rings is 2. The number of methoxy groups -OCH3 is 2. The Morgan fingerprint density at radius 3 is 2.48 bits per heavy atom. The molecule has 0 radical (unpaired) electrons. The van der Waals surface area contributed by atoms with E-state index in [0.29, 0.717) is 44.6 Å². The van der Waals surface area contributed by atoms with Gasteiger partial charge < -0.3 is 30.3 Å². The van der Waals surface area contributed by atoms with Gasteiger partial charge in [-0.25, -0.2) is 0 Å². The zero-order valence-corrected chi connectivity index (χ0v) is 18.1. The van der Waals surface area contributed by atoms with Crippen LogP contribution in [0.15, 0.2) is 47.1 Å². The number of nitrogens with two attached hydrogens (primary N) is 1. The highest BCUT2D eigenvalue weighted by Crippen LogP contribution is 2.36. The van der Waals surface area contributed by atoms with E-state index in [1.807, 2.05) is 0 Å². The minimum atomic E-state index is -0.696. The first-order valence-electron chi connectivity index (χ1n) is 8.79. The van der Waals surface area contributed by atoms with Gasteiger partial charge in [-0.15, -0.1) is 0 Å². The van der Waals surface area contributed by atoms with E-state index in [1.165, 1.54) is 20.5 Å². The summed E-state index contributed by atoms with van der Waals surface area (Å²) in [4.78, 5) is 11.5. The molecular formula is C21H17ClN4O4S. The number of halogens is 1. The molecular weight excluding hydrogens is 440 g/mol. The molecule has 3 rings (SSSR count). The number of nitriles is 1. The number of nitrogens with zero attached hydrogens (tertiary/aromatic N) is 1. The highest BCUT2D eigenvalue weighted by Gasteiger charge is 2.16. The summed E-state index contributed by atoms with van der Waals surface area (Å²) >= 11 is 11.6. The Morgan fingerprint density at radius 1 is 1.13 bits per heavy atom. The minimum Gasteiger partial charge on any atom is -0.495 e. The second-order valence-corrected chi connectivity index (χ2v) is 6.98. The first-order chi connectivity index (χ1) is 14.9. The Bertz CT molecular complexity index is 1200. The van der Waals surface area contributed by atoms with Crippen molar-refractivity contribution in [1.29, 1.82) is 5.26 Å². The third-order valence-corrected chi connectivity index (χ3v) is 4.81. The van der Waals surface area contributed by atoms with Crippen LogP contribution in [0.4, 0.5) is 11.4 Å². The van der Waals surface area contributed by atoms with Crippen LogP contribution in [0.2, 0.25) is 5.02 Å². The molecule has 1 aromatic heterocycles. The molecule has 0 fully saturated rings. The van der Waals surface area contributed by atoms with Crippen molar-refractivity contribution in [3.63, 3.8) is 0 Å². The van der Waals surface area contributed by atoms with Crippen molar-refractivity contribution < 1.29 is 18.7 Å². The molecule has 0 aliphatic carbocycles. The van der Waals surface area contributed by atoms with E-state index in [9.17, 15) is 10.1 Å². The van der Waals surface area contributed by atoms with Crippen LogP contribution in [0.1, 0.15) is 16.1 Å². The third kappa shape index (κ3) is 4.71. The molecule has 0 spiro atoms. The summed E-state index contributed by atoms with van der Waals surface area (Å²) in [6.07, 6.45) is 1.36. The molecule has 158 valence electrons. The Hall–Kier alpha value is -3.74. The van der Waals surface area contributed by atoms with Crippen molar-refractivity contribution in [2.45, 2.75) is 0 Å². The number of thiocarbonyl (C=S) groups is 1. The number of ether oxygens (including phenoxy) is 2. The summed E-state index contributed by atoms with van der Waals surface area (Å²) in [5, 5.41) is 16.1. The average Bonchev–Trinajstić information content (AvgIpc) is 3.24. The lowest BCUT2D eigenvalue weighted by Gasteiger charge is -2.16. The molecule has 0 aliphatic rings. The first-order valence-corrected chi connectivity index (χ1v) is 9.58. The Balaban J connectivity index is 1.84. The van der Waals surface area contributed by atoms with Gasteiger partial charge in [0.2, 0.25) is 0 Å². The zero-order chi connectivity index (χ0) is 22.5. The lowest BCUT2D eigenvalue weighted by molar-refractivity contribution is 0.0975. The van der Waals surface area contributed by atoms with Crippen LogP contribution in [0.25, 0.3) is 11.1 Å². The highest BCUT2D eigenvalue weighted by atomic mass is 35.5. The van der Waals surface area contributed by atoms with E-state index in [0.717, 1.165) is 0 Å². The van der Waals surface area contributed by atoms with Crippen LogP contribution in [-0.2, 0) is 0 Å². The number of nitrogens with one attached hydrogen (secondary N) is 2. The molecule has 0 atom stereocenters. The van der Waals surface area contributed by atoms with E-state index >= 15 is 0 Å². The van der Waals surface area contributed by atoms with Gasteiger partial charge in [-0.05, 0) is 42.0 Å². The Kier molecular flexibility index (Phi) is 6.65. The van der Waals surface area contributed by atoms with Crippen molar-refractivity contribution in [1.82, 2.24) is 0 Å². The third-order valence-electron chi connectivity index (χ3n) is 4.31. The predicted molar refractivity (Wildman–Crippen MR) is 122 cm³/mol. The van der Waals surface area contributed by atoms with E-state index in [-0.39, 0.29) is 10.9 Å². The summed E-state index contributed by atoms with van der Waals surface area (Å²) in [5.74, 6) is 0.253. The monoisotopic (exact) mass is 456 g/mol. The molecule has 4 N–H and O–H groups in total. The van der Waals surface area contributed by atoms with Crippen molar-refractivity contribution in [3.8, 4) is 28.7 Å². The van der Waals surface area contributed by atoms with E-state index < -0.39 is 5.91 Å². The van der Waals surface area contributed by atoms with Gasteiger partial charge in [0.05, 0.1) is 42.4 Å². The molecule has 2 aromatic carbocycles. The van der Waals surface area contributed by atoms with Gasteiger partial charge in [0.25, 0.3) is 5.91 Å². The fraction of sp³-hybridized carbons (Fsp3) is 0.0952. The maximum atomic E-state index is 11.5. The molecule has 0 saturated carbocycles. The lowest BCUT2D eigenvalue weighted by Crippen LogP contribution is -2.20. The number of carbonyl (C=O) groups excluding carboxylic acids is 1. The minimum absolute atomic E-state index is 0.0188. The second-order valence-electron chi connectivity index (χ2n) is 6.17. The largest absolute Gasteiger partial charge is 0.495 e. The van der Waals surface area contributed by atoms with Crippen molar-refractivity contribution in [3.05, 3.63) is 59.0 Å².